The molecule has 1 rings (SSSR count). The van der Waals surface area contributed by atoms with Gasteiger partial charge in [-0.2, -0.15) is 0 Å². The zero-order chi connectivity index (χ0) is 14.3. The predicted molar refractivity (Wildman–Crippen MR) is 71.5 cm³/mol. The van der Waals surface area contributed by atoms with Gasteiger partial charge >= 0.3 is 5.97 Å². The highest BCUT2D eigenvalue weighted by molar-refractivity contribution is 5.79. The summed E-state index contributed by atoms with van der Waals surface area (Å²) in [6, 6.07) is 3.58. The van der Waals surface area contributed by atoms with Gasteiger partial charge in [0.1, 0.15) is 0 Å². The van der Waals surface area contributed by atoms with Crippen LogP contribution in [0.15, 0.2) is 24.5 Å². The lowest BCUT2D eigenvalue weighted by Gasteiger charge is -2.15. The van der Waals surface area contributed by atoms with Crippen LogP contribution in [0.3, 0.4) is 0 Å². The van der Waals surface area contributed by atoms with Gasteiger partial charge in [0.25, 0.3) is 0 Å². The number of nitrogens with zero attached hydrogens (tertiary/aromatic N) is 1. The number of carbonyl (C=O) groups is 2. The second-order valence-electron chi connectivity index (χ2n) is 5.01. The van der Waals surface area contributed by atoms with Crippen molar-refractivity contribution in [3.63, 3.8) is 0 Å². The van der Waals surface area contributed by atoms with Crippen LogP contribution in [0.1, 0.15) is 25.8 Å². The molecule has 1 amide bonds. The molecule has 2 N–H and O–H groups in total. The summed E-state index contributed by atoms with van der Waals surface area (Å²) in [6.45, 7) is 4.10. The number of hydrogen-bond donors (Lipinski definition) is 2. The maximum atomic E-state index is 11.7. The zero-order valence-electron chi connectivity index (χ0n) is 11.3. The normalized spacial score (nSPS) is 12.2. The number of aromatic nitrogens is 1. The molecule has 0 saturated carbocycles. The third-order valence-corrected chi connectivity index (χ3v) is 2.74. The maximum Gasteiger partial charge on any atom is 0.308 e. The Kier molecular flexibility index (Phi) is 5.99. The molecule has 0 aliphatic rings. The third-order valence-electron chi connectivity index (χ3n) is 2.74. The fourth-order valence-corrected chi connectivity index (χ4v) is 1.83. The largest absolute Gasteiger partial charge is 0.481 e. The molecule has 0 saturated heterocycles. The van der Waals surface area contributed by atoms with Crippen LogP contribution in [0.4, 0.5) is 0 Å². The van der Waals surface area contributed by atoms with E-state index in [1.54, 1.807) is 18.5 Å². The quantitative estimate of drug-likeness (QED) is 0.782. The Bertz CT molecular complexity index is 418. The zero-order valence-corrected chi connectivity index (χ0v) is 11.3. The lowest BCUT2D eigenvalue weighted by atomic mass is 9.97. The minimum atomic E-state index is -0.865. The van der Waals surface area contributed by atoms with Gasteiger partial charge in [-0.05, 0) is 24.0 Å². The highest BCUT2D eigenvalue weighted by Crippen LogP contribution is 2.11. The summed E-state index contributed by atoms with van der Waals surface area (Å²) < 4.78 is 0. The molecule has 0 spiro atoms. The molecule has 104 valence electrons. The minimum absolute atomic E-state index is 0.173. The Morgan fingerprint density at radius 1 is 1.42 bits per heavy atom. The van der Waals surface area contributed by atoms with Crippen molar-refractivity contribution in [2.45, 2.75) is 26.7 Å². The van der Waals surface area contributed by atoms with Crippen molar-refractivity contribution in [1.29, 1.82) is 0 Å². The van der Waals surface area contributed by atoms with E-state index in [0.29, 0.717) is 6.42 Å². The second-order valence-corrected chi connectivity index (χ2v) is 5.01. The van der Waals surface area contributed by atoms with Crippen molar-refractivity contribution in [2.75, 3.05) is 6.54 Å². The van der Waals surface area contributed by atoms with E-state index in [4.69, 9.17) is 5.11 Å². The number of hydrogen-bond acceptors (Lipinski definition) is 3. The molecule has 0 radical (unpaired) electrons. The van der Waals surface area contributed by atoms with Gasteiger partial charge in [0.15, 0.2) is 0 Å². The fourth-order valence-electron chi connectivity index (χ4n) is 1.83. The van der Waals surface area contributed by atoms with Crippen LogP contribution in [-0.2, 0) is 16.0 Å². The summed E-state index contributed by atoms with van der Waals surface area (Å²) in [5.74, 6) is -1.28. The highest BCUT2D eigenvalue weighted by atomic mass is 16.4. The van der Waals surface area contributed by atoms with Gasteiger partial charge in [0, 0.05) is 18.9 Å². The molecule has 1 heterocycles. The molecule has 1 unspecified atom stereocenters. The number of carboxylic acid groups (broad SMARTS) is 1. The topological polar surface area (TPSA) is 79.3 Å². The number of aliphatic carboxylic acids is 1. The molecule has 5 nitrogen and oxygen atoms in total. The molecule has 1 aromatic heterocycles. The van der Waals surface area contributed by atoms with Crippen LogP contribution in [0, 0.1) is 11.8 Å². The summed E-state index contributed by atoms with van der Waals surface area (Å²) in [5, 5.41) is 11.7. The molecule has 0 aliphatic carbocycles. The smallest absolute Gasteiger partial charge is 0.308 e. The first kappa shape index (κ1) is 15.1. The summed E-state index contributed by atoms with van der Waals surface area (Å²) in [5.41, 5.74) is 0.815. The van der Waals surface area contributed by atoms with Crippen molar-refractivity contribution in [2.24, 2.45) is 11.8 Å². The van der Waals surface area contributed by atoms with Crippen LogP contribution in [-0.4, -0.2) is 28.5 Å². The lowest BCUT2D eigenvalue weighted by molar-refractivity contribution is -0.142. The van der Waals surface area contributed by atoms with Crippen LogP contribution in [0.2, 0.25) is 0 Å². The van der Waals surface area contributed by atoms with Gasteiger partial charge in [0.2, 0.25) is 5.91 Å². The number of carboxylic acids is 1. The van der Waals surface area contributed by atoms with Gasteiger partial charge in [-0.15, -0.1) is 0 Å². The molecule has 1 aromatic rings. The summed E-state index contributed by atoms with van der Waals surface area (Å²) in [4.78, 5) is 26.7. The molecule has 19 heavy (non-hydrogen) atoms. The molecule has 0 aliphatic heterocycles. The summed E-state index contributed by atoms with van der Waals surface area (Å²) in [7, 11) is 0. The average molecular weight is 264 g/mol. The van der Waals surface area contributed by atoms with E-state index in [0.717, 1.165) is 5.56 Å². The third kappa shape index (κ3) is 5.99. The highest BCUT2D eigenvalue weighted by Gasteiger charge is 2.19. The molecule has 5 heteroatoms. The van der Waals surface area contributed by atoms with E-state index in [2.05, 4.69) is 10.3 Å². The number of pyridine rings is 1. The molecular formula is C14H20N2O3. The van der Waals surface area contributed by atoms with E-state index in [1.807, 2.05) is 19.9 Å². The van der Waals surface area contributed by atoms with E-state index in [9.17, 15) is 9.59 Å². The van der Waals surface area contributed by atoms with Gasteiger partial charge < -0.3 is 10.4 Å². The Labute approximate surface area is 113 Å². The van der Waals surface area contributed by atoms with Gasteiger partial charge in [0.05, 0.1) is 12.3 Å². The lowest BCUT2D eigenvalue weighted by Crippen LogP contribution is -2.34. The van der Waals surface area contributed by atoms with Gasteiger partial charge in [-0.1, -0.05) is 19.9 Å². The summed E-state index contributed by atoms with van der Waals surface area (Å²) in [6.07, 6.45) is 4.05. The molecular weight excluding hydrogens is 244 g/mol. The predicted octanol–water partition coefficient (Wildman–Crippen LogP) is 1.49. The fraction of sp³-hybridized carbons (Fsp3) is 0.500. The Balaban J connectivity index is 2.42. The number of nitrogens with one attached hydrogen (secondary N) is 1. The monoisotopic (exact) mass is 264 g/mol. The van der Waals surface area contributed by atoms with Crippen LogP contribution < -0.4 is 5.32 Å². The first-order valence-electron chi connectivity index (χ1n) is 6.37. The second kappa shape index (κ2) is 7.51. The Morgan fingerprint density at radius 2 is 2.16 bits per heavy atom. The molecule has 0 bridgehead atoms. The van der Waals surface area contributed by atoms with Crippen LogP contribution in [0.5, 0.6) is 0 Å². The molecule has 1 atom stereocenters. The minimum Gasteiger partial charge on any atom is -0.481 e. The number of rotatable bonds is 7. The average Bonchev–Trinajstić information content (AvgIpc) is 2.35. The molecule has 0 aromatic carbocycles. The van der Waals surface area contributed by atoms with Gasteiger partial charge in [-0.25, -0.2) is 0 Å². The van der Waals surface area contributed by atoms with E-state index >= 15 is 0 Å². The summed E-state index contributed by atoms with van der Waals surface area (Å²) >= 11 is 0. The number of carbonyl (C=O) groups excluding carboxylic acids is 1. The van der Waals surface area contributed by atoms with Gasteiger partial charge in [-0.3, -0.25) is 14.6 Å². The first-order valence-corrected chi connectivity index (χ1v) is 6.37. The first-order chi connectivity index (χ1) is 8.99. The Hall–Kier alpha value is -1.91. The SMILES string of the molecule is CC(C)CC(CNC(=O)Cc1cccnc1)C(=O)O. The van der Waals surface area contributed by atoms with Crippen molar-refractivity contribution in [3.05, 3.63) is 30.1 Å². The van der Waals surface area contributed by atoms with Crippen LogP contribution in [0.25, 0.3) is 0 Å². The van der Waals surface area contributed by atoms with Crippen molar-refractivity contribution in [1.82, 2.24) is 10.3 Å². The van der Waals surface area contributed by atoms with Crippen LogP contribution >= 0.6 is 0 Å². The molecule has 0 fully saturated rings. The van der Waals surface area contributed by atoms with E-state index < -0.39 is 11.9 Å². The standard InChI is InChI=1S/C14H20N2O3/c1-10(2)6-12(14(18)19)9-16-13(17)7-11-4-3-5-15-8-11/h3-5,8,10,12H,6-7,9H2,1-2H3,(H,16,17)(H,18,19). The van der Waals surface area contributed by atoms with Crippen molar-refractivity contribution < 1.29 is 14.7 Å². The van der Waals surface area contributed by atoms with E-state index in [-0.39, 0.29) is 24.8 Å². The van der Waals surface area contributed by atoms with E-state index in [1.165, 1.54) is 0 Å². The Morgan fingerprint density at radius 3 is 2.68 bits per heavy atom. The maximum absolute atomic E-state index is 11.7. The number of amides is 1. The van der Waals surface area contributed by atoms with Crippen molar-refractivity contribution >= 4 is 11.9 Å². The van der Waals surface area contributed by atoms with Crippen molar-refractivity contribution in [3.8, 4) is 0 Å².